The van der Waals surface area contributed by atoms with Crippen LogP contribution < -0.4 is 5.32 Å². The second kappa shape index (κ2) is 3.85. The van der Waals surface area contributed by atoms with Crippen LogP contribution in [0.5, 0.6) is 0 Å². The first kappa shape index (κ1) is 7.03. The molecule has 0 radical (unpaired) electrons. The first-order valence-electron chi connectivity index (χ1n) is 3.75. The van der Waals surface area contributed by atoms with E-state index in [2.05, 4.69) is 5.32 Å². The zero-order valence-electron chi connectivity index (χ0n) is 5.77. The molecule has 54 valence electrons. The molecule has 1 aliphatic rings. The van der Waals surface area contributed by atoms with Crippen molar-refractivity contribution in [3.63, 3.8) is 0 Å². The Morgan fingerprint density at radius 3 is 3.00 bits per heavy atom. The van der Waals surface area contributed by atoms with Gasteiger partial charge in [-0.1, -0.05) is 0 Å². The van der Waals surface area contributed by atoms with Gasteiger partial charge < -0.3 is 10.4 Å². The van der Waals surface area contributed by atoms with Crippen LogP contribution in [0, 0.1) is 5.92 Å². The second-order valence-corrected chi connectivity index (χ2v) is 2.72. The fourth-order valence-corrected chi connectivity index (χ4v) is 1.35. The lowest BCUT2D eigenvalue weighted by atomic mass is 9.97. The Labute approximate surface area is 56.3 Å². The minimum Gasteiger partial charge on any atom is -0.396 e. The van der Waals surface area contributed by atoms with Crippen LogP contribution >= 0.6 is 0 Å². The maximum absolute atomic E-state index is 8.59. The van der Waals surface area contributed by atoms with Crippen molar-refractivity contribution in [2.75, 3.05) is 19.7 Å². The van der Waals surface area contributed by atoms with Gasteiger partial charge in [0.15, 0.2) is 0 Å². The Hall–Kier alpha value is -0.0800. The van der Waals surface area contributed by atoms with Gasteiger partial charge >= 0.3 is 0 Å². The first-order chi connectivity index (χ1) is 4.43. The molecule has 0 aliphatic carbocycles. The third-order valence-electron chi connectivity index (χ3n) is 1.94. The van der Waals surface area contributed by atoms with Crippen molar-refractivity contribution in [2.45, 2.75) is 19.3 Å². The summed E-state index contributed by atoms with van der Waals surface area (Å²) in [7, 11) is 0. The lowest BCUT2D eigenvalue weighted by Crippen LogP contribution is -2.30. The quantitative estimate of drug-likeness (QED) is 0.564. The molecule has 1 rings (SSSR count). The van der Waals surface area contributed by atoms with Gasteiger partial charge in [-0.2, -0.15) is 0 Å². The van der Waals surface area contributed by atoms with Gasteiger partial charge in [0.25, 0.3) is 0 Å². The second-order valence-electron chi connectivity index (χ2n) is 2.72. The fourth-order valence-electron chi connectivity index (χ4n) is 1.35. The van der Waals surface area contributed by atoms with Crippen molar-refractivity contribution in [1.29, 1.82) is 0 Å². The first-order valence-corrected chi connectivity index (χ1v) is 3.75. The molecule has 2 nitrogen and oxygen atoms in total. The lowest BCUT2D eigenvalue weighted by molar-refractivity contribution is 0.237. The molecule has 0 bridgehead atoms. The predicted molar refractivity (Wildman–Crippen MR) is 37.3 cm³/mol. The predicted octanol–water partition coefficient (Wildman–Crippen LogP) is 0.368. The molecule has 0 amide bonds. The van der Waals surface area contributed by atoms with E-state index in [9.17, 15) is 0 Å². The summed E-state index contributed by atoms with van der Waals surface area (Å²) in [6.07, 6.45) is 3.56. The molecule has 0 saturated carbocycles. The number of piperidine rings is 1. The number of aliphatic hydroxyl groups excluding tert-OH is 1. The minimum atomic E-state index is 0.354. The van der Waals surface area contributed by atoms with Gasteiger partial charge in [0, 0.05) is 6.61 Å². The van der Waals surface area contributed by atoms with Crippen molar-refractivity contribution in [1.82, 2.24) is 5.32 Å². The van der Waals surface area contributed by atoms with E-state index in [0.717, 1.165) is 18.9 Å². The van der Waals surface area contributed by atoms with E-state index in [1.54, 1.807) is 0 Å². The molecular weight excluding hydrogens is 114 g/mol. The zero-order chi connectivity index (χ0) is 6.53. The minimum absolute atomic E-state index is 0.354. The molecule has 1 fully saturated rings. The number of nitrogens with one attached hydrogen (secondary N) is 1. The van der Waals surface area contributed by atoms with Crippen LogP contribution in [0.2, 0.25) is 0 Å². The highest BCUT2D eigenvalue weighted by atomic mass is 16.3. The van der Waals surface area contributed by atoms with Crippen LogP contribution in [0.1, 0.15) is 19.3 Å². The number of rotatable bonds is 2. The van der Waals surface area contributed by atoms with Crippen molar-refractivity contribution >= 4 is 0 Å². The van der Waals surface area contributed by atoms with E-state index in [1.165, 1.54) is 19.4 Å². The maximum Gasteiger partial charge on any atom is 0.0434 e. The van der Waals surface area contributed by atoms with Crippen LogP contribution in [0.25, 0.3) is 0 Å². The van der Waals surface area contributed by atoms with E-state index < -0.39 is 0 Å². The molecule has 2 heteroatoms. The fraction of sp³-hybridized carbons (Fsp3) is 1.00. The smallest absolute Gasteiger partial charge is 0.0434 e. The average molecular weight is 129 g/mol. The number of aliphatic hydroxyl groups is 1. The van der Waals surface area contributed by atoms with Crippen LogP contribution in [0.4, 0.5) is 0 Å². The summed E-state index contributed by atoms with van der Waals surface area (Å²) in [6, 6.07) is 0. The monoisotopic (exact) mass is 129 g/mol. The number of hydrogen-bond acceptors (Lipinski definition) is 2. The Morgan fingerprint density at radius 2 is 2.44 bits per heavy atom. The zero-order valence-corrected chi connectivity index (χ0v) is 5.77. The molecule has 0 spiro atoms. The normalized spacial score (nSPS) is 28.3. The van der Waals surface area contributed by atoms with Crippen LogP contribution in [0.3, 0.4) is 0 Å². The van der Waals surface area contributed by atoms with Crippen molar-refractivity contribution in [2.24, 2.45) is 5.92 Å². The molecular formula is C7H15NO. The summed E-state index contributed by atoms with van der Waals surface area (Å²) in [4.78, 5) is 0. The van der Waals surface area contributed by atoms with E-state index in [-0.39, 0.29) is 0 Å². The molecule has 1 saturated heterocycles. The Kier molecular flexibility index (Phi) is 3.01. The summed E-state index contributed by atoms with van der Waals surface area (Å²) >= 11 is 0. The largest absolute Gasteiger partial charge is 0.396 e. The molecule has 0 aromatic heterocycles. The van der Waals surface area contributed by atoms with Gasteiger partial charge in [-0.3, -0.25) is 0 Å². The summed E-state index contributed by atoms with van der Waals surface area (Å²) in [5.74, 6) is 0.740. The third-order valence-corrected chi connectivity index (χ3v) is 1.94. The topological polar surface area (TPSA) is 32.3 Å². The van der Waals surface area contributed by atoms with Gasteiger partial charge in [0.1, 0.15) is 0 Å². The standard InChI is InChI=1S/C7H15NO/c9-5-3-7-2-1-4-8-6-7/h7-9H,1-6H2/t7-/m1/s1. The van der Waals surface area contributed by atoms with Crippen molar-refractivity contribution in [3.8, 4) is 0 Å². The molecule has 1 heterocycles. The van der Waals surface area contributed by atoms with Crippen molar-refractivity contribution in [3.05, 3.63) is 0 Å². The molecule has 2 N–H and O–H groups in total. The number of hydrogen-bond donors (Lipinski definition) is 2. The Morgan fingerprint density at radius 1 is 1.56 bits per heavy atom. The van der Waals surface area contributed by atoms with Gasteiger partial charge in [-0.05, 0) is 38.3 Å². The van der Waals surface area contributed by atoms with E-state index in [1.807, 2.05) is 0 Å². The molecule has 0 aromatic rings. The molecule has 0 aromatic carbocycles. The van der Waals surface area contributed by atoms with Crippen LogP contribution in [-0.4, -0.2) is 24.8 Å². The molecule has 0 unspecified atom stereocenters. The third kappa shape index (κ3) is 2.33. The van der Waals surface area contributed by atoms with Gasteiger partial charge in [0.2, 0.25) is 0 Å². The van der Waals surface area contributed by atoms with Gasteiger partial charge in [-0.15, -0.1) is 0 Å². The Bertz CT molecular complexity index is 66.6. The molecule has 1 aliphatic heterocycles. The average Bonchev–Trinajstić information content (AvgIpc) is 1.91. The SMILES string of the molecule is OCC[C@H]1CCCNC1. The van der Waals surface area contributed by atoms with Crippen molar-refractivity contribution < 1.29 is 5.11 Å². The Balaban J connectivity index is 2.08. The highest BCUT2D eigenvalue weighted by Gasteiger charge is 2.10. The van der Waals surface area contributed by atoms with E-state index in [4.69, 9.17) is 5.11 Å². The summed E-state index contributed by atoms with van der Waals surface area (Å²) < 4.78 is 0. The summed E-state index contributed by atoms with van der Waals surface area (Å²) in [6.45, 7) is 2.63. The van der Waals surface area contributed by atoms with Gasteiger partial charge in [-0.25, -0.2) is 0 Å². The van der Waals surface area contributed by atoms with Crippen LogP contribution in [0.15, 0.2) is 0 Å². The summed E-state index contributed by atoms with van der Waals surface area (Å²) in [5, 5.41) is 11.9. The van der Waals surface area contributed by atoms with Crippen LogP contribution in [-0.2, 0) is 0 Å². The van der Waals surface area contributed by atoms with E-state index in [0.29, 0.717) is 6.61 Å². The van der Waals surface area contributed by atoms with E-state index >= 15 is 0 Å². The maximum atomic E-state index is 8.59. The lowest BCUT2D eigenvalue weighted by Gasteiger charge is -2.21. The highest BCUT2D eigenvalue weighted by Crippen LogP contribution is 2.12. The highest BCUT2D eigenvalue weighted by molar-refractivity contribution is 4.67. The molecule has 9 heavy (non-hydrogen) atoms. The molecule has 1 atom stereocenters. The summed E-state index contributed by atoms with van der Waals surface area (Å²) in [5.41, 5.74) is 0. The van der Waals surface area contributed by atoms with Gasteiger partial charge in [0.05, 0.1) is 0 Å².